The molecule has 1 aliphatic carbocycles. The summed E-state index contributed by atoms with van der Waals surface area (Å²) in [5, 5.41) is 13.3. The minimum atomic E-state index is -1.16. The van der Waals surface area contributed by atoms with Crippen molar-refractivity contribution in [3.05, 3.63) is 46.7 Å². The Morgan fingerprint density at radius 3 is 3.05 bits per heavy atom. The number of carboxylic acids is 1. The summed E-state index contributed by atoms with van der Waals surface area (Å²) in [7, 11) is 0. The fourth-order valence-corrected chi connectivity index (χ4v) is 2.69. The predicted molar refractivity (Wildman–Crippen MR) is 79.2 cm³/mol. The Morgan fingerprint density at radius 1 is 1.50 bits per heavy atom. The number of aromatic nitrogens is 2. The average Bonchev–Trinajstić information content (AvgIpc) is 3.09. The van der Waals surface area contributed by atoms with E-state index in [1.807, 2.05) is 0 Å². The second kappa shape index (κ2) is 5.81. The van der Waals surface area contributed by atoms with E-state index in [-0.39, 0.29) is 16.9 Å². The topological polar surface area (TPSA) is 85.3 Å². The maximum atomic E-state index is 12.5. The normalized spacial score (nSPS) is 16.0. The number of aromatic carboxylic acids is 1. The first-order chi connectivity index (χ1) is 10.6. The molecule has 0 saturated carbocycles. The van der Waals surface area contributed by atoms with Crippen molar-refractivity contribution in [3.63, 3.8) is 0 Å². The van der Waals surface area contributed by atoms with Crippen LogP contribution in [0, 0.1) is 0 Å². The Balaban J connectivity index is 1.92. The number of halogens is 1. The highest BCUT2D eigenvalue weighted by atomic mass is 35.5. The van der Waals surface area contributed by atoms with Crippen LogP contribution in [-0.2, 0) is 13.0 Å². The molecule has 1 aliphatic rings. The van der Waals surface area contributed by atoms with E-state index in [1.165, 1.54) is 0 Å². The number of carbonyl (C=O) groups is 2. The van der Waals surface area contributed by atoms with Gasteiger partial charge in [-0.05, 0) is 12.5 Å². The zero-order valence-electron chi connectivity index (χ0n) is 11.6. The van der Waals surface area contributed by atoms with Crippen LogP contribution in [0.4, 0.5) is 0 Å². The number of ketones is 1. The number of hydrogen-bond acceptors (Lipinski definition) is 4. The van der Waals surface area contributed by atoms with E-state index in [0.717, 1.165) is 11.8 Å². The molecule has 2 aromatic heterocycles. The summed E-state index contributed by atoms with van der Waals surface area (Å²) in [5.41, 5.74) is 1.43. The molecule has 3 rings (SSSR count). The van der Waals surface area contributed by atoms with Crippen LogP contribution >= 0.6 is 11.6 Å². The summed E-state index contributed by atoms with van der Waals surface area (Å²) in [4.78, 5) is 23.7. The van der Waals surface area contributed by atoms with Crippen LogP contribution in [0.2, 0.25) is 0 Å². The largest absolute Gasteiger partial charge is 0.478 e. The van der Waals surface area contributed by atoms with E-state index in [2.05, 4.69) is 5.10 Å². The number of hydrogen-bond donors (Lipinski definition) is 1. The summed E-state index contributed by atoms with van der Waals surface area (Å²) in [5.74, 6) is -0.554. The van der Waals surface area contributed by atoms with Crippen molar-refractivity contribution >= 4 is 29.4 Å². The van der Waals surface area contributed by atoms with Gasteiger partial charge in [0.05, 0.1) is 18.3 Å². The lowest BCUT2D eigenvalue weighted by Gasteiger charge is -2.12. The summed E-state index contributed by atoms with van der Waals surface area (Å²) in [6.45, 7) is 0.591. The Labute approximate surface area is 131 Å². The predicted octanol–water partition coefficient (Wildman–Crippen LogP) is 2.63. The molecule has 0 bridgehead atoms. The van der Waals surface area contributed by atoms with E-state index in [9.17, 15) is 9.59 Å². The molecule has 0 aliphatic heterocycles. The van der Waals surface area contributed by atoms with Crippen molar-refractivity contribution < 1.29 is 19.1 Å². The van der Waals surface area contributed by atoms with E-state index in [1.54, 1.807) is 23.2 Å². The fourth-order valence-electron chi connectivity index (χ4n) is 2.51. The zero-order valence-corrected chi connectivity index (χ0v) is 12.3. The van der Waals surface area contributed by atoms with Gasteiger partial charge in [0.1, 0.15) is 17.6 Å². The summed E-state index contributed by atoms with van der Waals surface area (Å²) < 4.78 is 6.89. The van der Waals surface area contributed by atoms with Crippen LogP contribution in [0.15, 0.2) is 28.6 Å². The molecule has 2 aromatic rings. The summed E-state index contributed by atoms with van der Waals surface area (Å²) in [6, 6.07) is 0. The molecule has 6 nitrogen and oxygen atoms in total. The van der Waals surface area contributed by atoms with Gasteiger partial charge in [-0.1, -0.05) is 0 Å². The molecule has 1 N–H and O–H groups in total. The number of rotatable bonds is 4. The number of nitrogens with zero attached hydrogens (tertiary/aromatic N) is 2. The third kappa shape index (κ3) is 2.57. The van der Waals surface area contributed by atoms with Crippen LogP contribution in [0.3, 0.4) is 0 Å². The highest BCUT2D eigenvalue weighted by Gasteiger charge is 2.30. The number of allylic oxidation sites excluding steroid dienone is 1. The van der Waals surface area contributed by atoms with Gasteiger partial charge in [0, 0.05) is 29.6 Å². The number of carboxylic acid groups (broad SMARTS) is 1. The summed E-state index contributed by atoms with van der Waals surface area (Å²) >= 11 is 5.65. The van der Waals surface area contributed by atoms with Gasteiger partial charge in [-0.15, -0.1) is 11.6 Å². The Hall–Kier alpha value is -2.34. The number of Topliss-reactive ketones (excluding diaryl/α,β-unsaturated/α-hetero) is 1. The van der Waals surface area contributed by atoms with Gasteiger partial charge in [0.25, 0.3) is 0 Å². The molecule has 0 spiro atoms. The first-order valence-electron chi connectivity index (χ1n) is 6.77. The lowest BCUT2D eigenvalue weighted by atomic mass is 9.89. The molecule has 0 atom stereocenters. The number of furan rings is 1. The molecule has 0 saturated heterocycles. The first-order valence-corrected chi connectivity index (χ1v) is 7.31. The second-order valence-electron chi connectivity index (χ2n) is 4.98. The fraction of sp³-hybridized carbons (Fsp3) is 0.267. The third-order valence-electron chi connectivity index (χ3n) is 3.55. The van der Waals surface area contributed by atoms with E-state index >= 15 is 0 Å². The molecule has 0 aromatic carbocycles. The number of alkyl halides is 1. The van der Waals surface area contributed by atoms with Crippen LogP contribution in [0.1, 0.15) is 38.5 Å². The average molecular weight is 321 g/mol. The highest BCUT2D eigenvalue weighted by Crippen LogP contribution is 2.30. The van der Waals surface area contributed by atoms with Crippen molar-refractivity contribution in [1.82, 2.24) is 9.78 Å². The van der Waals surface area contributed by atoms with Crippen LogP contribution < -0.4 is 0 Å². The smallest absolute Gasteiger partial charge is 0.339 e. The molecule has 0 radical (unpaired) electrons. The lowest BCUT2D eigenvalue weighted by molar-refractivity contribution is 0.0692. The van der Waals surface area contributed by atoms with Gasteiger partial charge in [-0.25, -0.2) is 4.79 Å². The van der Waals surface area contributed by atoms with Crippen LogP contribution in [0.25, 0.3) is 6.08 Å². The van der Waals surface area contributed by atoms with Gasteiger partial charge in [-0.2, -0.15) is 5.10 Å². The van der Waals surface area contributed by atoms with Crippen LogP contribution in [0.5, 0.6) is 0 Å². The van der Waals surface area contributed by atoms with Gasteiger partial charge < -0.3 is 9.52 Å². The third-order valence-corrected chi connectivity index (χ3v) is 3.71. The SMILES string of the molecule is O=C(O)c1coc2c1C(=O)C(=Cc1cnn(CCCl)c1)CC2. The molecule has 22 heavy (non-hydrogen) atoms. The minimum absolute atomic E-state index is 0.0802. The minimum Gasteiger partial charge on any atom is -0.478 e. The van der Waals surface area contributed by atoms with E-state index in [4.69, 9.17) is 21.1 Å². The molecule has 0 amide bonds. The van der Waals surface area contributed by atoms with Crippen molar-refractivity contribution in [3.8, 4) is 0 Å². The van der Waals surface area contributed by atoms with Gasteiger partial charge in [0.2, 0.25) is 0 Å². The van der Waals surface area contributed by atoms with Crippen molar-refractivity contribution in [2.45, 2.75) is 19.4 Å². The van der Waals surface area contributed by atoms with E-state index < -0.39 is 5.97 Å². The standard InChI is InChI=1S/C15H13ClN2O4/c16-3-4-18-7-9(6-17-18)5-10-1-2-12-13(14(10)19)11(8-22-12)15(20)21/h5-8H,1-4H2,(H,20,21). The lowest BCUT2D eigenvalue weighted by Crippen LogP contribution is -2.15. The van der Waals surface area contributed by atoms with Gasteiger partial charge in [0.15, 0.2) is 5.78 Å². The maximum absolute atomic E-state index is 12.5. The number of carbonyl (C=O) groups excluding carboxylic acids is 1. The molecular formula is C15H13ClN2O4. The number of aryl methyl sites for hydroxylation is 2. The van der Waals surface area contributed by atoms with Crippen LogP contribution in [-0.4, -0.2) is 32.5 Å². The molecule has 7 heteroatoms. The van der Waals surface area contributed by atoms with Gasteiger partial charge in [-0.3, -0.25) is 9.48 Å². The van der Waals surface area contributed by atoms with Gasteiger partial charge >= 0.3 is 5.97 Å². The molecular weight excluding hydrogens is 308 g/mol. The Bertz CT molecular complexity index is 772. The molecule has 0 unspecified atom stereocenters. The first kappa shape index (κ1) is 14.6. The highest BCUT2D eigenvalue weighted by molar-refractivity contribution is 6.18. The molecule has 2 heterocycles. The Kier molecular flexibility index (Phi) is 3.85. The molecule has 0 fully saturated rings. The Morgan fingerprint density at radius 2 is 2.32 bits per heavy atom. The van der Waals surface area contributed by atoms with E-state index in [0.29, 0.717) is 36.6 Å². The molecule has 114 valence electrons. The quantitative estimate of drug-likeness (QED) is 0.691. The number of fused-ring (bicyclic) bond motifs is 1. The van der Waals surface area contributed by atoms with Crippen molar-refractivity contribution in [2.24, 2.45) is 0 Å². The van der Waals surface area contributed by atoms with Crippen molar-refractivity contribution in [2.75, 3.05) is 5.88 Å². The second-order valence-corrected chi connectivity index (χ2v) is 5.36. The maximum Gasteiger partial charge on any atom is 0.339 e. The summed E-state index contributed by atoms with van der Waals surface area (Å²) in [6.07, 6.45) is 7.34. The van der Waals surface area contributed by atoms with Crippen molar-refractivity contribution in [1.29, 1.82) is 0 Å². The zero-order chi connectivity index (χ0) is 15.7. The monoisotopic (exact) mass is 320 g/mol.